The lowest BCUT2D eigenvalue weighted by atomic mass is 10.0. The lowest BCUT2D eigenvalue weighted by molar-refractivity contribution is -0.147. The number of alkyl halides is 3. The number of halogens is 4. The molecule has 0 radical (unpaired) electrons. The predicted molar refractivity (Wildman–Crippen MR) is 53.9 cm³/mol. The normalized spacial score (nSPS) is 14.0. The number of rotatable bonds is 2. The highest BCUT2D eigenvalue weighted by atomic mass is 35.5. The van der Waals surface area contributed by atoms with Crippen molar-refractivity contribution < 1.29 is 13.2 Å². The maximum atomic E-state index is 12.2. The SMILES string of the molecule is Cc1ccc(Cl)c(CC(N)C(F)(F)F)c1. The van der Waals surface area contributed by atoms with Gasteiger partial charge < -0.3 is 5.73 Å². The minimum Gasteiger partial charge on any atom is -0.320 e. The Bertz CT molecular complexity index is 349. The fourth-order valence-electron chi connectivity index (χ4n) is 1.21. The molecule has 84 valence electrons. The van der Waals surface area contributed by atoms with E-state index in [4.69, 9.17) is 17.3 Å². The van der Waals surface area contributed by atoms with Crippen LogP contribution in [0.15, 0.2) is 18.2 Å². The smallest absolute Gasteiger partial charge is 0.320 e. The molecule has 0 saturated carbocycles. The topological polar surface area (TPSA) is 26.0 Å². The van der Waals surface area contributed by atoms with E-state index >= 15 is 0 Å². The Morgan fingerprint density at radius 1 is 1.40 bits per heavy atom. The molecule has 0 aliphatic rings. The summed E-state index contributed by atoms with van der Waals surface area (Å²) in [6.45, 7) is 1.79. The molecule has 1 aromatic rings. The molecule has 1 nitrogen and oxygen atoms in total. The van der Waals surface area contributed by atoms with Gasteiger partial charge >= 0.3 is 6.18 Å². The van der Waals surface area contributed by atoms with Crippen molar-refractivity contribution in [1.82, 2.24) is 0 Å². The van der Waals surface area contributed by atoms with Crippen molar-refractivity contribution in [2.75, 3.05) is 0 Å². The van der Waals surface area contributed by atoms with Crippen LogP contribution in [0.3, 0.4) is 0 Å². The average molecular weight is 238 g/mol. The Hall–Kier alpha value is -0.740. The van der Waals surface area contributed by atoms with Gasteiger partial charge in [-0.25, -0.2) is 0 Å². The Morgan fingerprint density at radius 3 is 2.53 bits per heavy atom. The average Bonchev–Trinajstić information content (AvgIpc) is 2.09. The molecule has 0 heterocycles. The van der Waals surface area contributed by atoms with Crippen molar-refractivity contribution in [3.63, 3.8) is 0 Å². The number of hydrogen-bond acceptors (Lipinski definition) is 1. The minimum atomic E-state index is -4.38. The summed E-state index contributed by atoms with van der Waals surface area (Å²) in [5, 5.41) is 0.320. The first-order valence-corrected chi connectivity index (χ1v) is 4.76. The van der Waals surface area contributed by atoms with Crippen molar-refractivity contribution in [2.45, 2.75) is 25.6 Å². The molecule has 0 aromatic heterocycles. The van der Waals surface area contributed by atoms with E-state index in [1.807, 2.05) is 0 Å². The zero-order valence-corrected chi connectivity index (χ0v) is 8.86. The maximum absolute atomic E-state index is 12.2. The van der Waals surface area contributed by atoms with Gasteiger partial charge in [0.25, 0.3) is 0 Å². The Kier molecular flexibility index (Phi) is 3.62. The summed E-state index contributed by atoms with van der Waals surface area (Å²) in [4.78, 5) is 0. The van der Waals surface area contributed by atoms with Gasteiger partial charge in [0.1, 0.15) is 6.04 Å². The number of aryl methyl sites for hydroxylation is 1. The molecule has 5 heteroatoms. The molecule has 15 heavy (non-hydrogen) atoms. The molecule has 0 fully saturated rings. The third-order valence-corrected chi connectivity index (χ3v) is 2.43. The van der Waals surface area contributed by atoms with Crippen LogP contribution in [0.25, 0.3) is 0 Å². The van der Waals surface area contributed by atoms with Gasteiger partial charge in [-0.05, 0) is 25.0 Å². The van der Waals surface area contributed by atoms with E-state index in [-0.39, 0.29) is 6.42 Å². The largest absolute Gasteiger partial charge is 0.403 e. The van der Waals surface area contributed by atoms with Crippen LogP contribution in [0.5, 0.6) is 0 Å². The summed E-state index contributed by atoms with van der Waals surface area (Å²) in [6.07, 6.45) is -4.67. The molecule has 1 rings (SSSR count). The number of nitrogens with two attached hydrogens (primary N) is 1. The van der Waals surface area contributed by atoms with E-state index in [2.05, 4.69) is 0 Å². The van der Waals surface area contributed by atoms with Gasteiger partial charge in [-0.3, -0.25) is 0 Å². The molecular formula is C10H11ClF3N. The fourth-order valence-corrected chi connectivity index (χ4v) is 1.41. The molecule has 1 aromatic carbocycles. The Labute approximate surface area is 91.0 Å². The third-order valence-electron chi connectivity index (χ3n) is 2.06. The van der Waals surface area contributed by atoms with Crippen molar-refractivity contribution in [2.24, 2.45) is 5.73 Å². The fraction of sp³-hybridized carbons (Fsp3) is 0.400. The van der Waals surface area contributed by atoms with Gasteiger partial charge in [0.05, 0.1) is 0 Å². The van der Waals surface area contributed by atoms with Crippen LogP contribution < -0.4 is 5.73 Å². The first-order valence-electron chi connectivity index (χ1n) is 4.38. The second-order valence-electron chi connectivity index (χ2n) is 3.45. The summed E-state index contributed by atoms with van der Waals surface area (Å²) in [6, 6.07) is 3.07. The molecule has 1 atom stereocenters. The van der Waals surface area contributed by atoms with Crippen LogP contribution in [0.1, 0.15) is 11.1 Å². The van der Waals surface area contributed by atoms with Crippen molar-refractivity contribution in [3.05, 3.63) is 34.3 Å². The lowest BCUT2D eigenvalue weighted by Gasteiger charge is -2.16. The van der Waals surface area contributed by atoms with Gasteiger partial charge in [0.15, 0.2) is 0 Å². The predicted octanol–water partition coefficient (Wildman–Crippen LogP) is 3.08. The first kappa shape index (κ1) is 12.3. The van der Waals surface area contributed by atoms with E-state index in [0.29, 0.717) is 10.6 Å². The highest BCUT2D eigenvalue weighted by Gasteiger charge is 2.36. The van der Waals surface area contributed by atoms with Gasteiger partial charge in [-0.15, -0.1) is 0 Å². The van der Waals surface area contributed by atoms with Gasteiger partial charge in [0.2, 0.25) is 0 Å². The van der Waals surface area contributed by atoms with Crippen LogP contribution in [0.4, 0.5) is 13.2 Å². The van der Waals surface area contributed by atoms with E-state index in [1.54, 1.807) is 25.1 Å². The van der Waals surface area contributed by atoms with Crippen LogP contribution in [-0.2, 0) is 6.42 Å². The summed E-state index contributed by atoms with van der Waals surface area (Å²) in [5.41, 5.74) is 6.31. The third kappa shape index (κ3) is 3.39. The quantitative estimate of drug-likeness (QED) is 0.841. The molecule has 0 aliphatic heterocycles. The van der Waals surface area contributed by atoms with E-state index in [0.717, 1.165) is 5.56 Å². The molecule has 0 aliphatic carbocycles. The second-order valence-corrected chi connectivity index (χ2v) is 3.85. The summed E-state index contributed by atoms with van der Waals surface area (Å²) in [7, 11) is 0. The van der Waals surface area contributed by atoms with Gasteiger partial charge in [0, 0.05) is 5.02 Å². The maximum Gasteiger partial charge on any atom is 0.403 e. The summed E-state index contributed by atoms with van der Waals surface area (Å²) in [5.74, 6) is 0. The van der Waals surface area contributed by atoms with E-state index in [9.17, 15) is 13.2 Å². The zero-order chi connectivity index (χ0) is 11.6. The van der Waals surface area contributed by atoms with Crippen molar-refractivity contribution >= 4 is 11.6 Å². The van der Waals surface area contributed by atoms with Crippen LogP contribution in [-0.4, -0.2) is 12.2 Å². The Morgan fingerprint density at radius 2 is 2.00 bits per heavy atom. The highest BCUT2D eigenvalue weighted by molar-refractivity contribution is 6.31. The summed E-state index contributed by atoms with van der Waals surface area (Å²) >= 11 is 5.77. The molecular weight excluding hydrogens is 227 g/mol. The Balaban J connectivity index is 2.85. The van der Waals surface area contributed by atoms with Crippen molar-refractivity contribution in [3.8, 4) is 0 Å². The molecule has 0 amide bonds. The monoisotopic (exact) mass is 237 g/mol. The molecule has 0 saturated heterocycles. The number of benzene rings is 1. The van der Waals surface area contributed by atoms with Gasteiger partial charge in [-0.2, -0.15) is 13.2 Å². The van der Waals surface area contributed by atoms with Crippen LogP contribution in [0.2, 0.25) is 5.02 Å². The highest BCUT2D eigenvalue weighted by Crippen LogP contribution is 2.25. The molecule has 0 spiro atoms. The number of hydrogen-bond donors (Lipinski definition) is 1. The van der Waals surface area contributed by atoms with Crippen LogP contribution in [0, 0.1) is 6.92 Å². The standard InChI is InChI=1S/C10H11ClF3N/c1-6-2-3-8(11)7(4-6)5-9(15)10(12,13)14/h2-4,9H,5,15H2,1H3. The minimum absolute atomic E-state index is 0.288. The van der Waals surface area contributed by atoms with Crippen LogP contribution >= 0.6 is 11.6 Å². The molecule has 1 unspecified atom stereocenters. The lowest BCUT2D eigenvalue weighted by Crippen LogP contribution is -2.39. The zero-order valence-electron chi connectivity index (χ0n) is 8.11. The van der Waals surface area contributed by atoms with E-state index in [1.165, 1.54) is 0 Å². The first-order chi connectivity index (χ1) is 6.80. The van der Waals surface area contributed by atoms with Gasteiger partial charge in [-0.1, -0.05) is 29.3 Å². The molecule has 0 bridgehead atoms. The summed E-state index contributed by atoms with van der Waals surface area (Å²) < 4.78 is 36.6. The second kappa shape index (κ2) is 4.41. The van der Waals surface area contributed by atoms with Crippen molar-refractivity contribution in [1.29, 1.82) is 0 Å². The molecule has 2 N–H and O–H groups in total. The van der Waals surface area contributed by atoms with E-state index < -0.39 is 12.2 Å².